The van der Waals surface area contributed by atoms with Crippen molar-refractivity contribution in [3.05, 3.63) is 34.6 Å². The molecule has 1 aromatic carbocycles. The highest BCUT2D eigenvalue weighted by Gasteiger charge is 2.20. The van der Waals surface area contributed by atoms with E-state index in [0.29, 0.717) is 23.7 Å². The fourth-order valence-corrected chi connectivity index (χ4v) is 2.32. The van der Waals surface area contributed by atoms with Gasteiger partial charge in [0, 0.05) is 36.8 Å². The summed E-state index contributed by atoms with van der Waals surface area (Å²) in [7, 11) is 1.90. The van der Waals surface area contributed by atoms with E-state index >= 15 is 0 Å². The Hall–Kier alpha value is -0.680. The molecule has 100 valence electrons. The third kappa shape index (κ3) is 3.65. The number of hydrogen-bond donors (Lipinski definition) is 1. The molecule has 0 spiro atoms. The van der Waals surface area contributed by atoms with Gasteiger partial charge in [0.05, 0.1) is 12.7 Å². The minimum atomic E-state index is -0.237. The lowest BCUT2D eigenvalue weighted by atomic mass is 10.1. The lowest BCUT2D eigenvalue weighted by molar-refractivity contribution is -0.0294. The number of rotatable bonds is 4. The van der Waals surface area contributed by atoms with Crippen molar-refractivity contribution < 1.29 is 9.13 Å². The van der Waals surface area contributed by atoms with E-state index in [4.69, 9.17) is 16.3 Å². The minimum Gasteiger partial charge on any atom is -0.374 e. The van der Waals surface area contributed by atoms with Crippen LogP contribution in [-0.4, -0.2) is 44.3 Å². The molecule has 1 aliphatic rings. The lowest BCUT2D eigenvalue weighted by Crippen LogP contribution is -2.45. The Labute approximate surface area is 112 Å². The minimum absolute atomic E-state index is 0.180. The molecule has 1 atom stereocenters. The largest absolute Gasteiger partial charge is 0.374 e. The smallest absolute Gasteiger partial charge is 0.129 e. The molecule has 1 aromatic rings. The summed E-state index contributed by atoms with van der Waals surface area (Å²) < 4.78 is 19.3. The Morgan fingerprint density at radius 1 is 1.56 bits per heavy atom. The van der Waals surface area contributed by atoms with Crippen LogP contribution in [-0.2, 0) is 11.3 Å². The van der Waals surface area contributed by atoms with Crippen molar-refractivity contribution in [3.8, 4) is 0 Å². The van der Waals surface area contributed by atoms with Crippen molar-refractivity contribution in [1.29, 1.82) is 0 Å². The van der Waals surface area contributed by atoms with Crippen molar-refractivity contribution in [2.75, 3.05) is 33.3 Å². The third-order valence-electron chi connectivity index (χ3n) is 3.06. The normalized spacial score (nSPS) is 21.2. The number of nitrogens with one attached hydrogen (secondary N) is 1. The number of nitrogens with zero attached hydrogens (tertiary/aromatic N) is 1. The summed E-state index contributed by atoms with van der Waals surface area (Å²) in [5.41, 5.74) is 0.685. The van der Waals surface area contributed by atoms with Gasteiger partial charge in [-0.2, -0.15) is 0 Å². The molecule has 0 aliphatic carbocycles. The maximum atomic E-state index is 13.7. The van der Waals surface area contributed by atoms with Crippen LogP contribution in [0.3, 0.4) is 0 Å². The molecule has 0 radical (unpaired) electrons. The van der Waals surface area contributed by atoms with Gasteiger partial charge in [-0.25, -0.2) is 4.39 Å². The molecule has 3 nitrogen and oxygen atoms in total. The summed E-state index contributed by atoms with van der Waals surface area (Å²) in [6.07, 6.45) is 0.180. The summed E-state index contributed by atoms with van der Waals surface area (Å²) in [6, 6.07) is 4.84. The Morgan fingerprint density at radius 3 is 3.11 bits per heavy atom. The van der Waals surface area contributed by atoms with Crippen molar-refractivity contribution in [2.24, 2.45) is 0 Å². The highest BCUT2D eigenvalue weighted by atomic mass is 35.5. The van der Waals surface area contributed by atoms with Crippen LogP contribution in [0.2, 0.25) is 5.02 Å². The molecule has 1 heterocycles. The van der Waals surface area contributed by atoms with Gasteiger partial charge in [0.25, 0.3) is 0 Å². The second kappa shape index (κ2) is 6.48. The van der Waals surface area contributed by atoms with Crippen LogP contribution in [0.1, 0.15) is 5.56 Å². The van der Waals surface area contributed by atoms with E-state index in [2.05, 4.69) is 10.2 Å². The first-order valence-corrected chi connectivity index (χ1v) is 6.49. The number of ether oxygens (including phenoxy) is 1. The van der Waals surface area contributed by atoms with Gasteiger partial charge in [-0.1, -0.05) is 17.7 Å². The first kappa shape index (κ1) is 13.7. The van der Waals surface area contributed by atoms with E-state index in [1.165, 1.54) is 6.07 Å². The molecular formula is C13H18ClFN2O. The molecule has 1 aliphatic heterocycles. The number of halogens is 2. The lowest BCUT2D eigenvalue weighted by Gasteiger charge is -2.32. The van der Waals surface area contributed by atoms with Crippen LogP contribution in [0.25, 0.3) is 0 Å². The van der Waals surface area contributed by atoms with E-state index in [9.17, 15) is 4.39 Å². The first-order chi connectivity index (χ1) is 8.69. The van der Waals surface area contributed by atoms with Gasteiger partial charge in [-0.15, -0.1) is 0 Å². The summed E-state index contributed by atoms with van der Waals surface area (Å²) in [4.78, 5) is 2.21. The topological polar surface area (TPSA) is 24.5 Å². The van der Waals surface area contributed by atoms with Crippen molar-refractivity contribution in [2.45, 2.75) is 12.6 Å². The number of benzene rings is 1. The zero-order chi connectivity index (χ0) is 13.0. The van der Waals surface area contributed by atoms with Gasteiger partial charge >= 0.3 is 0 Å². The van der Waals surface area contributed by atoms with Gasteiger partial charge in [-0.05, 0) is 19.2 Å². The summed E-state index contributed by atoms with van der Waals surface area (Å²) >= 11 is 5.74. The van der Waals surface area contributed by atoms with E-state index in [1.807, 2.05) is 7.05 Å². The molecule has 1 N–H and O–H groups in total. The van der Waals surface area contributed by atoms with Crippen molar-refractivity contribution in [1.82, 2.24) is 10.2 Å². The fourth-order valence-electron chi connectivity index (χ4n) is 2.17. The van der Waals surface area contributed by atoms with E-state index in [0.717, 1.165) is 19.6 Å². The molecule has 5 heteroatoms. The second-order valence-corrected chi connectivity index (χ2v) is 4.96. The van der Waals surface area contributed by atoms with Crippen LogP contribution in [0.4, 0.5) is 4.39 Å². The Bertz CT molecular complexity index is 401. The maximum absolute atomic E-state index is 13.7. The highest BCUT2D eigenvalue weighted by Crippen LogP contribution is 2.17. The molecule has 0 amide bonds. The molecule has 2 rings (SSSR count). The van der Waals surface area contributed by atoms with Crippen LogP contribution in [0, 0.1) is 5.82 Å². The molecule has 18 heavy (non-hydrogen) atoms. The Kier molecular flexibility index (Phi) is 4.95. The van der Waals surface area contributed by atoms with E-state index < -0.39 is 0 Å². The quantitative estimate of drug-likeness (QED) is 0.906. The molecule has 1 saturated heterocycles. The summed E-state index contributed by atoms with van der Waals surface area (Å²) in [5, 5.41) is 3.53. The fraction of sp³-hybridized carbons (Fsp3) is 0.538. The first-order valence-electron chi connectivity index (χ1n) is 6.11. The van der Waals surface area contributed by atoms with E-state index in [-0.39, 0.29) is 11.9 Å². The van der Waals surface area contributed by atoms with Crippen LogP contribution >= 0.6 is 11.6 Å². The SMILES string of the molecule is CNCC1CN(Cc2ccc(Cl)cc2F)CCO1. The predicted octanol–water partition coefficient (Wildman–Crippen LogP) is 1.90. The van der Waals surface area contributed by atoms with Crippen molar-refractivity contribution in [3.63, 3.8) is 0 Å². The standard InChI is InChI=1S/C13H18ClFN2O/c1-16-7-12-9-17(4-5-18-12)8-10-2-3-11(14)6-13(10)15/h2-3,6,12,16H,4-5,7-9H2,1H3. The molecule has 1 fully saturated rings. The van der Waals surface area contributed by atoms with Crippen LogP contribution in [0.15, 0.2) is 18.2 Å². The number of morpholine rings is 1. The monoisotopic (exact) mass is 272 g/mol. The predicted molar refractivity (Wildman–Crippen MR) is 70.4 cm³/mol. The van der Waals surface area contributed by atoms with Crippen molar-refractivity contribution >= 4 is 11.6 Å². The van der Waals surface area contributed by atoms with Crippen LogP contribution in [0.5, 0.6) is 0 Å². The molecule has 1 unspecified atom stereocenters. The van der Waals surface area contributed by atoms with E-state index in [1.54, 1.807) is 12.1 Å². The van der Waals surface area contributed by atoms with Gasteiger partial charge in [-0.3, -0.25) is 4.90 Å². The molecule has 0 aromatic heterocycles. The maximum Gasteiger partial charge on any atom is 0.129 e. The van der Waals surface area contributed by atoms with Gasteiger partial charge in [0.15, 0.2) is 0 Å². The third-order valence-corrected chi connectivity index (χ3v) is 3.30. The Balaban J connectivity index is 1.96. The second-order valence-electron chi connectivity index (χ2n) is 4.52. The number of likely N-dealkylation sites (N-methyl/N-ethyl adjacent to an activating group) is 1. The number of hydrogen-bond acceptors (Lipinski definition) is 3. The highest BCUT2D eigenvalue weighted by molar-refractivity contribution is 6.30. The van der Waals surface area contributed by atoms with Crippen LogP contribution < -0.4 is 5.32 Å². The zero-order valence-electron chi connectivity index (χ0n) is 10.5. The molecule has 0 bridgehead atoms. The molecular weight excluding hydrogens is 255 g/mol. The molecule has 0 saturated carbocycles. The Morgan fingerprint density at radius 2 is 2.39 bits per heavy atom. The summed E-state index contributed by atoms with van der Waals surface area (Å²) in [6.45, 7) is 3.78. The summed E-state index contributed by atoms with van der Waals surface area (Å²) in [5.74, 6) is -0.237. The van der Waals surface area contributed by atoms with Gasteiger partial charge in [0.1, 0.15) is 5.82 Å². The van der Waals surface area contributed by atoms with Gasteiger partial charge in [0.2, 0.25) is 0 Å². The average molecular weight is 273 g/mol. The zero-order valence-corrected chi connectivity index (χ0v) is 11.2. The van der Waals surface area contributed by atoms with Gasteiger partial charge < -0.3 is 10.1 Å². The average Bonchev–Trinajstić information content (AvgIpc) is 2.34.